The zero-order chi connectivity index (χ0) is 24.3. The van der Waals surface area contributed by atoms with E-state index < -0.39 is 18.6 Å². The highest BCUT2D eigenvalue weighted by Crippen LogP contribution is 2.25. The van der Waals surface area contributed by atoms with Gasteiger partial charge in [0.1, 0.15) is 6.04 Å². The number of nitrogens with one attached hydrogen (secondary N) is 1. The molecule has 1 rings (SSSR count). The Morgan fingerprint density at radius 2 is 1.94 bits per heavy atom. The third-order valence-corrected chi connectivity index (χ3v) is 5.52. The van der Waals surface area contributed by atoms with Crippen LogP contribution in [-0.2, 0) is 16.1 Å². The molecule has 32 heavy (non-hydrogen) atoms. The molecule has 0 aliphatic heterocycles. The molecule has 0 saturated heterocycles. The number of hydrogen-bond donors (Lipinski definition) is 3. The van der Waals surface area contributed by atoms with Gasteiger partial charge in [0, 0.05) is 13.0 Å². The van der Waals surface area contributed by atoms with E-state index in [1.54, 1.807) is 0 Å². The molecule has 1 aromatic rings. The van der Waals surface area contributed by atoms with Gasteiger partial charge in [-0.25, -0.2) is 0 Å². The van der Waals surface area contributed by atoms with Crippen molar-refractivity contribution in [2.24, 2.45) is 10.9 Å². The molecule has 6 nitrogen and oxygen atoms in total. The summed E-state index contributed by atoms with van der Waals surface area (Å²) >= 11 is 0. The Morgan fingerprint density at radius 1 is 1.25 bits per heavy atom. The van der Waals surface area contributed by atoms with Crippen LogP contribution in [0.4, 0.5) is 5.69 Å². The summed E-state index contributed by atoms with van der Waals surface area (Å²) < 4.78 is 0. The van der Waals surface area contributed by atoms with Gasteiger partial charge in [0.05, 0.1) is 18.0 Å². The molecule has 6 heteroatoms. The Balaban J connectivity index is 3.34. The highest BCUT2D eigenvalue weighted by molar-refractivity contribution is 6.07. The fraction of sp³-hybridized carbons (Fsp3) is 0.500. The van der Waals surface area contributed by atoms with Crippen LogP contribution in [0.2, 0.25) is 0 Å². The van der Waals surface area contributed by atoms with Crippen LogP contribution in [0.1, 0.15) is 65.0 Å². The van der Waals surface area contributed by atoms with E-state index in [0.29, 0.717) is 13.0 Å². The fourth-order valence-corrected chi connectivity index (χ4v) is 3.18. The largest absolute Gasteiger partial charge is 0.480 e. The number of aliphatic hydroxyl groups excluding tert-OH is 1. The van der Waals surface area contributed by atoms with Gasteiger partial charge in [0.15, 0.2) is 5.78 Å². The van der Waals surface area contributed by atoms with Crippen molar-refractivity contribution in [2.75, 3.05) is 6.61 Å². The van der Waals surface area contributed by atoms with E-state index in [2.05, 4.69) is 19.2 Å². The molecule has 0 aliphatic rings. The van der Waals surface area contributed by atoms with E-state index in [9.17, 15) is 14.7 Å². The maximum Gasteiger partial charge on any atom is 0.323 e. The van der Waals surface area contributed by atoms with Crippen LogP contribution in [-0.4, -0.2) is 40.3 Å². The number of allylic oxidation sites excluding steroid dienone is 4. The number of carbonyl (C=O) groups is 2. The number of carboxylic acids is 1. The summed E-state index contributed by atoms with van der Waals surface area (Å²) in [5.74, 6) is -0.746. The Labute approximate surface area is 192 Å². The Bertz CT molecular complexity index is 884. The van der Waals surface area contributed by atoms with Crippen molar-refractivity contribution >= 4 is 23.2 Å². The average Bonchev–Trinajstić information content (AvgIpc) is 2.77. The Hall–Kier alpha value is -2.57. The van der Waals surface area contributed by atoms with Gasteiger partial charge in [-0.15, -0.1) is 0 Å². The van der Waals surface area contributed by atoms with Gasteiger partial charge >= 0.3 is 5.97 Å². The predicted molar refractivity (Wildman–Crippen MR) is 131 cm³/mol. The number of nitrogens with zero attached hydrogens (tertiary/aromatic N) is 1. The van der Waals surface area contributed by atoms with Crippen LogP contribution in [0.3, 0.4) is 0 Å². The van der Waals surface area contributed by atoms with Gasteiger partial charge in [-0.2, -0.15) is 0 Å². The lowest BCUT2D eigenvalue weighted by Gasteiger charge is -2.17. The number of aliphatic carboxylic acids is 1. The molecule has 0 saturated carbocycles. The van der Waals surface area contributed by atoms with Crippen molar-refractivity contribution in [3.8, 4) is 0 Å². The van der Waals surface area contributed by atoms with E-state index in [-0.39, 0.29) is 11.7 Å². The quantitative estimate of drug-likeness (QED) is 0.229. The van der Waals surface area contributed by atoms with Gasteiger partial charge in [0.2, 0.25) is 0 Å². The van der Waals surface area contributed by atoms with Gasteiger partial charge in [-0.05, 0) is 73.9 Å². The first-order chi connectivity index (χ1) is 15.2. The zero-order valence-electron chi connectivity index (χ0n) is 20.2. The summed E-state index contributed by atoms with van der Waals surface area (Å²) in [5.41, 5.74) is 5.28. The van der Waals surface area contributed by atoms with Crippen molar-refractivity contribution in [3.05, 3.63) is 52.6 Å². The van der Waals surface area contributed by atoms with E-state index >= 15 is 0 Å². The maximum atomic E-state index is 12.3. The van der Waals surface area contributed by atoms with Crippen LogP contribution in [0.5, 0.6) is 0 Å². The van der Waals surface area contributed by atoms with Crippen LogP contribution in [0, 0.1) is 12.8 Å². The number of carboxylic acid groups (broad SMARTS) is 1. The van der Waals surface area contributed by atoms with Gasteiger partial charge in [-0.3, -0.25) is 19.9 Å². The smallest absolute Gasteiger partial charge is 0.323 e. The minimum Gasteiger partial charge on any atom is -0.480 e. The molecule has 0 radical (unpaired) electrons. The first-order valence-electron chi connectivity index (χ1n) is 11.3. The lowest BCUT2D eigenvalue weighted by Crippen LogP contribution is -2.39. The second-order valence-electron chi connectivity index (χ2n) is 8.13. The zero-order valence-corrected chi connectivity index (χ0v) is 20.2. The highest BCUT2D eigenvalue weighted by Gasteiger charge is 2.17. The van der Waals surface area contributed by atoms with E-state index in [4.69, 9.17) is 10.1 Å². The minimum absolute atomic E-state index is 0.150. The molecule has 0 aromatic heterocycles. The maximum absolute atomic E-state index is 12.3. The summed E-state index contributed by atoms with van der Waals surface area (Å²) in [6, 6.07) is 4.81. The summed E-state index contributed by atoms with van der Waals surface area (Å²) in [6.45, 7) is 11.9. The first kappa shape index (κ1) is 27.5. The van der Waals surface area contributed by atoms with Crippen LogP contribution < -0.4 is 5.32 Å². The third-order valence-electron chi connectivity index (χ3n) is 5.52. The SMILES string of the molecule is C/C=C(\C=C(\C)C(=O)CCC)C(=N/c1cc(CNC(CO)C(=O)O)ccc1C)/[C@@H](C)CC. The number of aryl methyl sites for hydroxylation is 1. The minimum atomic E-state index is -1.09. The van der Waals surface area contributed by atoms with Crippen molar-refractivity contribution in [2.45, 2.75) is 73.4 Å². The van der Waals surface area contributed by atoms with Crippen LogP contribution in [0.25, 0.3) is 0 Å². The summed E-state index contributed by atoms with van der Waals surface area (Å²) in [7, 11) is 0. The van der Waals surface area contributed by atoms with Crippen molar-refractivity contribution in [1.82, 2.24) is 5.32 Å². The van der Waals surface area contributed by atoms with Crippen molar-refractivity contribution in [1.29, 1.82) is 0 Å². The number of benzene rings is 1. The van der Waals surface area contributed by atoms with Crippen LogP contribution >= 0.6 is 0 Å². The van der Waals surface area contributed by atoms with Gasteiger partial charge in [0.25, 0.3) is 0 Å². The molecular weight excluding hydrogens is 404 g/mol. The molecule has 1 aromatic carbocycles. The molecule has 0 amide bonds. The normalized spacial score (nSPS) is 14.9. The number of aliphatic hydroxyl groups is 1. The second kappa shape index (κ2) is 13.8. The molecule has 3 N–H and O–H groups in total. The number of carbonyl (C=O) groups excluding carboxylic acids is 1. The van der Waals surface area contributed by atoms with Gasteiger partial charge in [-0.1, -0.05) is 39.0 Å². The molecule has 0 heterocycles. The standard InChI is InChI=1S/C26H38N2O4/c1-7-10-24(30)19(6)13-21(9-3)25(17(4)8-2)28-22-14-20(12-11-18(22)5)15-27-23(16-29)26(31)32/h9,11-14,17,23,27,29H,7-8,10,15-16H2,1-6H3,(H,31,32)/b19-13-,21-9+,28-25+/t17-,23?/m0/s1. The number of rotatable bonds is 13. The van der Waals surface area contributed by atoms with E-state index in [0.717, 1.165) is 46.5 Å². The van der Waals surface area contributed by atoms with E-state index in [1.165, 1.54) is 0 Å². The number of aliphatic imine (C=N–C) groups is 1. The summed E-state index contributed by atoms with van der Waals surface area (Å²) in [4.78, 5) is 28.4. The monoisotopic (exact) mass is 442 g/mol. The van der Waals surface area contributed by atoms with Crippen molar-refractivity contribution < 1.29 is 19.8 Å². The Kier molecular flexibility index (Phi) is 11.8. The number of Topliss-reactive ketones (excluding diaryl/α,β-unsaturated/α-hetero) is 1. The molecule has 176 valence electrons. The van der Waals surface area contributed by atoms with E-state index in [1.807, 2.05) is 58.0 Å². The average molecular weight is 443 g/mol. The molecule has 0 aliphatic carbocycles. The second-order valence-corrected chi connectivity index (χ2v) is 8.13. The molecular formula is C26H38N2O4. The molecule has 1 unspecified atom stereocenters. The molecule has 2 atom stereocenters. The summed E-state index contributed by atoms with van der Waals surface area (Å²) in [6.07, 6.45) is 6.19. The van der Waals surface area contributed by atoms with Crippen LogP contribution in [0.15, 0.2) is 46.5 Å². The van der Waals surface area contributed by atoms with Crippen molar-refractivity contribution in [3.63, 3.8) is 0 Å². The molecule has 0 fully saturated rings. The third kappa shape index (κ3) is 8.17. The molecule has 0 bridgehead atoms. The fourth-order valence-electron chi connectivity index (χ4n) is 3.18. The predicted octanol–water partition coefficient (Wildman–Crippen LogP) is 4.91. The Morgan fingerprint density at radius 3 is 2.47 bits per heavy atom. The lowest BCUT2D eigenvalue weighted by molar-refractivity contribution is -0.140. The topological polar surface area (TPSA) is 99.0 Å². The molecule has 0 spiro atoms. The lowest BCUT2D eigenvalue weighted by atomic mass is 9.93. The number of hydrogen-bond acceptors (Lipinski definition) is 5. The highest BCUT2D eigenvalue weighted by atomic mass is 16.4. The summed E-state index contributed by atoms with van der Waals surface area (Å²) in [5, 5.41) is 21.2. The first-order valence-corrected chi connectivity index (χ1v) is 11.3. The van der Waals surface area contributed by atoms with Gasteiger partial charge < -0.3 is 10.2 Å². The number of ketones is 1.